The van der Waals surface area contributed by atoms with Crippen molar-refractivity contribution in [2.24, 2.45) is 5.92 Å². The van der Waals surface area contributed by atoms with E-state index in [0.717, 1.165) is 0 Å². The van der Waals surface area contributed by atoms with Crippen molar-refractivity contribution in [3.63, 3.8) is 0 Å². The van der Waals surface area contributed by atoms with Crippen molar-refractivity contribution < 1.29 is 24.5 Å². The quantitative estimate of drug-likeness (QED) is 0.628. The van der Waals surface area contributed by atoms with Gasteiger partial charge in [-0.2, -0.15) is 0 Å². The Bertz CT molecular complexity index is 280. The van der Waals surface area contributed by atoms with Gasteiger partial charge in [0.25, 0.3) is 0 Å². The van der Waals surface area contributed by atoms with Crippen LogP contribution in [0.25, 0.3) is 0 Å². The molecule has 1 heterocycles. The minimum Gasteiger partial charge on any atom is -0.481 e. The van der Waals surface area contributed by atoms with Gasteiger partial charge in [0, 0.05) is 13.1 Å². The van der Waals surface area contributed by atoms with E-state index in [0.29, 0.717) is 6.54 Å². The summed E-state index contributed by atoms with van der Waals surface area (Å²) in [5, 5.41) is 17.7. The Kier molecular flexibility index (Phi) is 4.26. The van der Waals surface area contributed by atoms with Crippen LogP contribution in [0.2, 0.25) is 0 Å². The van der Waals surface area contributed by atoms with E-state index in [1.54, 1.807) is 6.92 Å². The molecule has 1 rings (SSSR count). The molecule has 1 aliphatic rings. The van der Waals surface area contributed by atoms with Crippen LogP contribution in [-0.2, 0) is 14.3 Å². The molecule has 0 spiro atoms. The number of aliphatic carboxylic acids is 1. The van der Waals surface area contributed by atoms with Gasteiger partial charge in [0.15, 0.2) is 0 Å². The number of ether oxygens (including phenoxy) is 1. The maximum absolute atomic E-state index is 11.8. The Balaban J connectivity index is 2.65. The van der Waals surface area contributed by atoms with E-state index in [2.05, 4.69) is 0 Å². The molecule has 0 aliphatic carbocycles. The Hall–Kier alpha value is -1.14. The van der Waals surface area contributed by atoms with Gasteiger partial charge in [-0.25, -0.2) is 0 Å². The third-order valence-electron chi connectivity index (χ3n) is 2.58. The molecule has 1 amide bonds. The fraction of sp³-hybridized carbons (Fsp3) is 0.800. The Labute approximate surface area is 93.8 Å². The van der Waals surface area contributed by atoms with Crippen LogP contribution in [0, 0.1) is 5.92 Å². The highest BCUT2D eigenvalue weighted by Crippen LogP contribution is 2.13. The monoisotopic (exact) mass is 231 g/mol. The number of hydrogen-bond acceptors (Lipinski definition) is 4. The van der Waals surface area contributed by atoms with Crippen molar-refractivity contribution >= 4 is 11.9 Å². The Morgan fingerprint density at radius 1 is 1.50 bits per heavy atom. The van der Waals surface area contributed by atoms with E-state index in [9.17, 15) is 9.59 Å². The summed E-state index contributed by atoms with van der Waals surface area (Å²) >= 11 is 0. The fourth-order valence-electron chi connectivity index (χ4n) is 1.71. The first-order valence-electron chi connectivity index (χ1n) is 5.23. The van der Waals surface area contributed by atoms with E-state index in [1.807, 2.05) is 0 Å². The molecule has 0 saturated carbocycles. The van der Waals surface area contributed by atoms with Gasteiger partial charge < -0.3 is 19.8 Å². The number of carboxylic acid groups (broad SMARTS) is 1. The zero-order chi connectivity index (χ0) is 12.3. The summed E-state index contributed by atoms with van der Waals surface area (Å²) in [5.74, 6) is -2.62. The molecule has 0 aromatic rings. The summed E-state index contributed by atoms with van der Waals surface area (Å²) in [6, 6.07) is 0. The molecule has 2 N–H and O–H groups in total. The average Bonchev–Trinajstić information content (AvgIpc) is 2.25. The number of carbonyl (C=O) groups excluding carboxylic acids is 1. The van der Waals surface area contributed by atoms with Crippen LogP contribution < -0.4 is 0 Å². The lowest BCUT2D eigenvalue weighted by Crippen LogP contribution is -2.52. The molecule has 0 aromatic carbocycles. The second kappa shape index (κ2) is 5.27. The lowest BCUT2D eigenvalue weighted by molar-refractivity contribution is -0.158. The first-order valence-corrected chi connectivity index (χ1v) is 5.23. The number of morpholine rings is 1. The van der Waals surface area contributed by atoms with Gasteiger partial charge in [-0.1, -0.05) is 0 Å². The average molecular weight is 231 g/mol. The van der Waals surface area contributed by atoms with Crippen LogP contribution in [0.3, 0.4) is 0 Å². The normalized spacial score (nSPS) is 27.6. The molecule has 6 heteroatoms. The van der Waals surface area contributed by atoms with E-state index >= 15 is 0 Å². The zero-order valence-electron chi connectivity index (χ0n) is 9.42. The number of hydrogen-bond donors (Lipinski definition) is 2. The minimum atomic E-state index is -1.13. The summed E-state index contributed by atoms with van der Waals surface area (Å²) in [7, 11) is 0. The predicted molar refractivity (Wildman–Crippen MR) is 54.8 cm³/mol. The predicted octanol–water partition coefficient (Wildman–Crippen LogP) is -0.685. The number of aliphatic hydroxyl groups is 1. The minimum absolute atomic E-state index is 0.171. The zero-order valence-corrected chi connectivity index (χ0v) is 9.42. The van der Waals surface area contributed by atoms with Gasteiger partial charge in [-0.15, -0.1) is 0 Å². The molecular weight excluding hydrogens is 214 g/mol. The fourth-order valence-corrected chi connectivity index (χ4v) is 1.71. The number of amides is 1. The largest absolute Gasteiger partial charge is 0.481 e. The standard InChI is InChI=1S/C10H17NO5/c1-6-3-11(4-8(5-12)16-6)9(13)7(2)10(14)15/h6-8,12H,3-5H2,1-2H3,(H,14,15). The number of nitrogens with zero attached hydrogens (tertiary/aromatic N) is 1. The molecule has 0 bridgehead atoms. The molecule has 1 aliphatic heterocycles. The topological polar surface area (TPSA) is 87.1 Å². The lowest BCUT2D eigenvalue weighted by atomic mass is 10.1. The first-order chi connectivity index (χ1) is 7.45. The van der Waals surface area contributed by atoms with Crippen molar-refractivity contribution in [3.8, 4) is 0 Å². The summed E-state index contributed by atoms with van der Waals surface area (Å²) in [6.07, 6.45) is -0.607. The van der Waals surface area contributed by atoms with Gasteiger partial charge >= 0.3 is 5.97 Å². The van der Waals surface area contributed by atoms with Crippen molar-refractivity contribution in [2.45, 2.75) is 26.1 Å². The number of carbonyl (C=O) groups is 2. The third kappa shape index (κ3) is 2.93. The van der Waals surface area contributed by atoms with Crippen LogP contribution >= 0.6 is 0 Å². The van der Waals surface area contributed by atoms with Crippen LogP contribution in [0.5, 0.6) is 0 Å². The lowest BCUT2D eigenvalue weighted by Gasteiger charge is -2.36. The molecule has 92 valence electrons. The molecule has 0 aromatic heterocycles. The Morgan fingerprint density at radius 2 is 2.12 bits per heavy atom. The van der Waals surface area contributed by atoms with Crippen LogP contribution in [0.15, 0.2) is 0 Å². The van der Waals surface area contributed by atoms with Crippen LogP contribution in [0.1, 0.15) is 13.8 Å². The second-order valence-corrected chi connectivity index (χ2v) is 4.05. The summed E-state index contributed by atoms with van der Waals surface area (Å²) in [4.78, 5) is 23.9. The van der Waals surface area contributed by atoms with Gasteiger partial charge in [0.1, 0.15) is 5.92 Å². The molecule has 1 saturated heterocycles. The van der Waals surface area contributed by atoms with E-state index in [-0.39, 0.29) is 19.3 Å². The van der Waals surface area contributed by atoms with Crippen molar-refractivity contribution in [2.75, 3.05) is 19.7 Å². The van der Waals surface area contributed by atoms with Crippen molar-refractivity contribution in [3.05, 3.63) is 0 Å². The third-order valence-corrected chi connectivity index (χ3v) is 2.58. The first kappa shape index (κ1) is 12.9. The van der Waals surface area contributed by atoms with E-state index in [4.69, 9.17) is 14.9 Å². The SMILES string of the molecule is CC1CN(C(=O)C(C)C(=O)O)CC(CO)O1. The highest BCUT2D eigenvalue weighted by atomic mass is 16.5. The summed E-state index contributed by atoms with van der Waals surface area (Å²) in [5.41, 5.74) is 0. The van der Waals surface area contributed by atoms with Crippen LogP contribution in [-0.4, -0.2) is 58.9 Å². The number of aliphatic hydroxyl groups excluding tert-OH is 1. The summed E-state index contributed by atoms with van der Waals surface area (Å²) < 4.78 is 5.36. The van der Waals surface area contributed by atoms with Crippen molar-refractivity contribution in [1.82, 2.24) is 4.90 Å². The Morgan fingerprint density at radius 3 is 2.62 bits per heavy atom. The molecule has 1 fully saturated rings. The van der Waals surface area contributed by atoms with Crippen molar-refractivity contribution in [1.29, 1.82) is 0 Å². The van der Waals surface area contributed by atoms with Gasteiger partial charge in [-0.05, 0) is 13.8 Å². The second-order valence-electron chi connectivity index (χ2n) is 4.05. The molecule has 6 nitrogen and oxygen atoms in total. The smallest absolute Gasteiger partial charge is 0.315 e. The molecule has 16 heavy (non-hydrogen) atoms. The summed E-state index contributed by atoms with van der Waals surface area (Å²) in [6.45, 7) is 3.59. The van der Waals surface area contributed by atoms with Gasteiger partial charge in [-0.3, -0.25) is 9.59 Å². The van der Waals surface area contributed by atoms with E-state index in [1.165, 1.54) is 11.8 Å². The highest BCUT2D eigenvalue weighted by Gasteiger charge is 2.32. The van der Waals surface area contributed by atoms with Gasteiger partial charge in [0.05, 0.1) is 18.8 Å². The maximum Gasteiger partial charge on any atom is 0.315 e. The molecule has 3 atom stereocenters. The number of carboxylic acids is 1. The van der Waals surface area contributed by atoms with Crippen LogP contribution in [0.4, 0.5) is 0 Å². The number of rotatable bonds is 3. The molecule has 0 radical (unpaired) electrons. The molecular formula is C10H17NO5. The van der Waals surface area contributed by atoms with Gasteiger partial charge in [0.2, 0.25) is 5.91 Å². The highest BCUT2D eigenvalue weighted by molar-refractivity contribution is 5.96. The van der Waals surface area contributed by atoms with E-state index < -0.39 is 23.9 Å². The maximum atomic E-state index is 11.8. The molecule has 3 unspecified atom stereocenters.